The fraction of sp³-hybridized carbons (Fsp3) is 0.0370. The lowest BCUT2D eigenvalue weighted by Crippen LogP contribution is -2.00. The maximum Gasteiger partial charge on any atom is 0.163 e. The Bertz CT molecular complexity index is 1300. The highest BCUT2D eigenvalue weighted by Gasteiger charge is 2.15. The third-order valence-corrected chi connectivity index (χ3v) is 5.15. The maximum atomic E-state index is 14.1. The van der Waals surface area contributed by atoms with Crippen LogP contribution in [0.3, 0.4) is 0 Å². The molecule has 0 aliphatic carbocycles. The number of aromatic nitrogens is 3. The SMILES string of the molecule is Fc1ccccc1-c1nc2ccn(Cc3ccc(/C=C/c4ccccc4)cc3)cc-2n1. The molecule has 3 aromatic carbocycles. The Morgan fingerprint density at radius 2 is 1.39 bits per heavy atom. The summed E-state index contributed by atoms with van der Waals surface area (Å²) in [5.74, 6) is 0.104. The van der Waals surface area contributed by atoms with Crippen LogP contribution in [0.4, 0.5) is 4.39 Å². The quantitative estimate of drug-likeness (QED) is 0.316. The average Bonchev–Trinajstić information content (AvgIpc) is 3.23. The number of nitrogens with zero attached hydrogens (tertiary/aromatic N) is 3. The van der Waals surface area contributed by atoms with Crippen LogP contribution in [0.15, 0.2) is 97.3 Å². The third-order valence-electron chi connectivity index (χ3n) is 5.15. The van der Waals surface area contributed by atoms with Gasteiger partial charge in [0.1, 0.15) is 11.5 Å². The summed E-state index contributed by atoms with van der Waals surface area (Å²) < 4.78 is 16.1. The molecule has 31 heavy (non-hydrogen) atoms. The highest BCUT2D eigenvalue weighted by atomic mass is 19.1. The predicted octanol–water partition coefficient (Wildman–Crippen LogP) is 6.41. The molecule has 0 saturated heterocycles. The van der Waals surface area contributed by atoms with Gasteiger partial charge in [-0.3, -0.25) is 0 Å². The standard InChI is InChI=1S/C27H20FN3/c28-24-9-5-4-8-23(24)27-29-25-16-17-31(19-26(25)30-27)18-22-14-12-21(13-15-22)11-10-20-6-2-1-3-7-20/h1-17,19H,18H2/b11-10+. The van der Waals surface area contributed by atoms with E-state index in [1.54, 1.807) is 18.2 Å². The molecule has 2 aliphatic rings. The number of rotatable bonds is 5. The molecule has 150 valence electrons. The molecule has 0 bridgehead atoms. The third kappa shape index (κ3) is 4.28. The van der Waals surface area contributed by atoms with Gasteiger partial charge in [0, 0.05) is 18.9 Å². The molecule has 2 heterocycles. The van der Waals surface area contributed by atoms with E-state index in [0.717, 1.165) is 23.5 Å². The van der Waals surface area contributed by atoms with Crippen LogP contribution < -0.4 is 0 Å². The van der Waals surface area contributed by atoms with Crippen LogP contribution in [0.5, 0.6) is 0 Å². The van der Waals surface area contributed by atoms with Gasteiger partial charge in [-0.25, -0.2) is 14.4 Å². The molecule has 5 rings (SSSR count). The molecule has 0 aromatic heterocycles. The summed E-state index contributed by atoms with van der Waals surface area (Å²) in [7, 11) is 0. The van der Waals surface area contributed by atoms with E-state index < -0.39 is 0 Å². The number of halogens is 1. The molecular formula is C27H20FN3. The lowest BCUT2D eigenvalue weighted by molar-refractivity contribution is 0.630. The van der Waals surface area contributed by atoms with E-state index in [1.807, 2.05) is 36.7 Å². The molecule has 0 radical (unpaired) electrons. The van der Waals surface area contributed by atoms with Crippen molar-refractivity contribution in [3.05, 3.63) is 120 Å². The van der Waals surface area contributed by atoms with Gasteiger partial charge in [-0.1, -0.05) is 78.9 Å². The summed E-state index contributed by atoms with van der Waals surface area (Å²) in [6, 6.07) is 27.2. The summed E-state index contributed by atoms with van der Waals surface area (Å²) in [5, 5.41) is 0. The van der Waals surface area contributed by atoms with Crippen molar-refractivity contribution >= 4 is 12.2 Å². The van der Waals surface area contributed by atoms with E-state index in [1.165, 1.54) is 17.2 Å². The molecule has 3 nitrogen and oxygen atoms in total. The van der Waals surface area contributed by atoms with Gasteiger partial charge >= 0.3 is 0 Å². The molecule has 0 N–H and O–H groups in total. The van der Waals surface area contributed by atoms with Gasteiger partial charge in [-0.15, -0.1) is 0 Å². The highest BCUT2D eigenvalue weighted by Crippen LogP contribution is 2.26. The van der Waals surface area contributed by atoms with Gasteiger partial charge < -0.3 is 4.57 Å². The maximum absolute atomic E-state index is 14.1. The Hall–Kier alpha value is -4.05. The lowest BCUT2D eigenvalue weighted by atomic mass is 10.1. The molecule has 0 saturated carbocycles. The molecule has 0 unspecified atom stereocenters. The molecule has 0 spiro atoms. The van der Waals surface area contributed by atoms with E-state index in [-0.39, 0.29) is 5.82 Å². The van der Waals surface area contributed by atoms with Crippen molar-refractivity contribution < 1.29 is 4.39 Å². The van der Waals surface area contributed by atoms with Crippen molar-refractivity contribution in [2.75, 3.05) is 0 Å². The highest BCUT2D eigenvalue weighted by molar-refractivity contribution is 5.69. The van der Waals surface area contributed by atoms with Gasteiger partial charge in [0.15, 0.2) is 5.82 Å². The van der Waals surface area contributed by atoms with Crippen LogP contribution in [0, 0.1) is 5.82 Å². The fourth-order valence-corrected chi connectivity index (χ4v) is 3.51. The Balaban J connectivity index is 1.33. The fourth-order valence-electron chi connectivity index (χ4n) is 3.51. The summed E-state index contributed by atoms with van der Waals surface area (Å²) in [5.41, 5.74) is 5.46. The number of hydrogen-bond donors (Lipinski definition) is 0. The second-order valence-electron chi connectivity index (χ2n) is 7.40. The Kier molecular flexibility index (Phi) is 5.11. The first-order chi connectivity index (χ1) is 15.2. The second-order valence-corrected chi connectivity index (χ2v) is 7.40. The van der Waals surface area contributed by atoms with Crippen molar-refractivity contribution in [2.45, 2.75) is 6.54 Å². The number of fused-ring (bicyclic) bond motifs is 1. The average molecular weight is 405 g/mol. The summed E-state index contributed by atoms with van der Waals surface area (Å²) in [6.07, 6.45) is 8.16. The summed E-state index contributed by atoms with van der Waals surface area (Å²) in [4.78, 5) is 9.01. The molecule has 2 aliphatic heterocycles. The van der Waals surface area contributed by atoms with E-state index >= 15 is 0 Å². The Morgan fingerprint density at radius 1 is 0.710 bits per heavy atom. The van der Waals surface area contributed by atoms with Crippen molar-refractivity contribution in [1.29, 1.82) is 0 Å². The van der Waals surface area contributed by atoms with Gasteiger partial charge in [0.05, 0.1) is 11.3 Å². The predicted molar refractivity (Wildman–Crippen MR) is 123 cm³/mol. The minimum Gasteiger partial charge on any atom is -0.348 e. The van der Waals surface area contributed by atoms with Crippen LogP contribution in [0.1, 0.15) is 16.7 Å². The molecule has 0 amide bonds. The summed E-state index contributed by atoms with van der Waals surface area (Å²) in [6.45, 7) is 0.723. The normalized spacial score (nSPS) is 11.4. The van der Waals surface area contributed by atoms with E-state index in [0.29, 0.717) is 11.4 Å². The zero-order valence-corrected chi connectivity index (χ0v) is 16.8. The largest absolute Gasteiger partial charge is 0.348 e. The van der Waals surface area contributed by atoms with E-state index in [2.05, 4.69) is 63.1 Å². The van der Waals surface area contributed by atoms with Crippen molar-refractivity contribution in [1.82, 2.24) is 14.5 Å². The van der Waals surface area contributed by atoms with Crippen LogP contribution in [-0.2, 0) is 6.54 Å². The number of pyridine rings is 1. The number of benzene rings is 3. The van der Waals surface area contributed by atoms with Crippen LogP contribution >= 0.6 is 0 Å². The molecule has 0 atom stereocenters. The first kappa shape index (κ1) is 18.9. The smallest absolute Gasteiger partial charge is 0.163 e. The van der Waals surface area contributed by atoms with Gasteiger partial charge in [-0.2, -0.15) is 0 Å². The van der Waals surface area contributed by atoms with Gasteiger partial charge in [0.2, 0.25) is 0 Å². The van der Waals surface area contributed by atoms with Crippen molar-refractivity contribution in [2.24, 2.45) is 0 Å². The zero-order chi connectivity index (χ0) is 21.0. The Morgan fingerprint density at radius 3 is 2.16 bits per heavy atom. The molecule has 4 heteroatoms. The Labute approximate surface area is 180 Å². The molecule has 3 aromatic rings. The van der Waals surface area contributed by atoms with Gasteiger partial charge in [-0.05, 0) is 34.9 Å². The minimum absolute atomic E-state index is 0.313. The van der Waals surface area contributed by atoms with E-state index in [4.69, 9.17) is 0 Å². The zero-order valence-electron chi connectivity index (χ0n) is 16.8. The van der Waals surface area contributed by atoms with E-state index in [9.17, 15) is 4.39 Å². The van der Waals surface area contributed by atoms with Crippen LogP contribution in [-0.4, -0.2) is 14.5 Å². The van der Waals surface area contributed by atoms with Crippen molar-refractivity contribution in [3.8, 4) is 22.8 Å². The van der Waals surface area contributed by atoms with Crippen molar-refractivity contribution in [3.63, 3.8) is 0 Å². The second kappa shape index (κ2) is 8.36. The lowest BCUT2D eigenvalue weighted by Gasteiger charge is -2.08. The molecule has 0 fully saturated rings. The molecular weight excluding hydrogens is 385 g/mol. The number of hydrogen-bond acceptors (Lipinski definition) is 2. The monoisotopic (exact) mass is 405 g/mol. The van der Waals surface area contributed by atoms with Crippen LogP contribution in [0.2, 0.25) is 0 Å². The van der Waals surface area contributed by atoms with Crippen LogP contribution in [0.25, 0.3) is 34.9 Å². The topological polar surface area (TPSA) is 30.7 Å². The first-order valence-corrected chi connectivity index (χ1v) is 10.2. The first-order valence-electron chi connectivity index (χ1n) is 10.2. The minimum atomic E-state index is -0.313. The number of imidazole rings is 1. The van der Waals surface area contributed by atoms with Gasteiger partial charge in [0.25, 0.3) is 0 Å². The summed E-state index contributed by atoms with van der Waals surface area (Å²) >= 11 is 0.